The first-order chi connectivity index (χ1) is 17.8. The van der Waals surface area contributed by atoms with E-state index in [9.17, 15) is 23.3 Å². The summed E-state index contributed by atoms with van der Waals surface area (Å²) >= 11 is 0. The lowest BCUT2D eigenvalue weighted by Crippen LogP contribution is -2.13. The molecule has 5 aromatic rings. The third-order valence-corrected chi connectivity index (χ3v) is 7.69. The van der Waals surface area contributed by atoms with Gasteiger partial charge in [0.05, 0.1) is 17.7 Å². The number of aromatic hydroxyl groups is 1. The van der Waals surface area contributed by atoms with E-state index in [1.807, 2.05) is 24.3 Å². The molecule has 188 valence electrons. The molecule has 0 fully saturated rings. The number of rotatable bonds is 7. The number of phenolic OH excluding ortho intramolecular Hbond substituents is 1. The molecule has 0 spiro atoms. The van der Waals surface area contributed by atoms with Crippen molar-refractivity contribution in [3.05, 3.63) is 91.0 Å². The van der Waals surface area contributed by atoms with Crippen molar-refractivity contribution in [3.63, 3.8) is 0 Å². The Balaban J connectivity index is 1.78. The van der Waals surface area contributed by atoms with Gasteiger partial charge in [-0.1, -0.05) is 54.6 Å². The number of methoxy groups -OCH3 is 1. The quantitative estimate of drug-likeness (QED) is 0.195. The summed E-state index contributed by atoms with van der Waals surface area (Å²) in [6.45, 7) is 0. The highest BCUT2D eigenvalue weighted by Crippen LogP contribution is 2.49. The summed E-state index contributed by atoms with van der Waals surface area (Å²) in [5, 5.41) is 13.3. The Bertz CT molecular complexity index is 1720. The Labute approximate surface area is 214 Å². The largest absolute Gasteiger partial charge is 0.507 e. The minimum Gasteiger partial charge on any atom is -0.507 e. The molecule has 0 saturated carbocycles. The smallest absolute Gasteiger partial charge is 0.391 e. The van der Waals surface area contributed by atoms with Gasteiger partial charge in [0.2, 0.25) is 0 Å². The third-order valence-electron chi connectivity index (χ3n) is 5.96. The average molecular weight is 536 g/mol. The lowest BCUT2D eigenvalue weighted by Gasteiger charge is -2.20. The van der Waals surface area contributed by atoms with Crippen LogP contribution >= 0.6 is 8.60 Å². The highest BCUT2D eigenvalue weighted by atomic mass is 32.2. The van der Waals surface area contributed by atoms with Crippen molar-refractivity contribution < 1.29 is 32.6 Å². The molecule has 0 bridgehead atoms. The van der Waals surface area contributed by atoms with Gasteiger partial charge in [0.1, 0.15) is 17.2 Å². The molecule has 0 aliphatic rings. The predicted octanol–water partition coefficient (Wildman–Crippen LogP) is 5.77. The summed E-state index contributed by atoms with van der Waals surface area (Å²) in [6.07, 6.45) is 0. The molecule has 0 heterocycles. The molecule has 8 nitrogen and oxygen atoms in total. The Hall–Kier alpha value is -3.88. The fourth-order valence-corrected chi connectivity index (χ4v) is 5.73. The van der Waals surface area contributed by atoms with Crippen molar-refractivity contribution >= 4 is 45.9 Å². The number of hydrogen-bond acceptors (Lipinski definition) is 7. The summed E-state index contributed by atoms with van der Waals surface area (Å²) in [7, 11) is -5.35. The van der Waals surface area contributed by atoms with E-state index in [-0.39, 0.29) is 27.6 Å². The van der Waals surface area contributed by atoms with Crippen LogP contribution in [0.15, 0.2) is 95.9 Å². The maximum atomic E-state index is 13.3. The van der Waals surface area contributed by atoms with E-state index in [0.29, 0.717) is 27.5 Å². The van der Waals surface area contributed by atoms with Crippen LogP contribution in [0.25, 0.3) is 32.7 Å². The minimum absolute atomic E-state index is 0.0292. The molecule has 0 amide bonds. The molecule has 10 heteroatoms. The molecule has 0 saturated heterocycles. The molecule has 0 atom stereocenters. The summed E-state index contributed by atoms with van der Waals surface area (Å²) < 4.78 is 39.9. The predicted molar refractivity (Wildman–Crippen MR) is 144 cm³/mol. The Morgan fingerprint density at radius 1 is 0.811 bits per heavy atom. The number of sulfonamides is 1. The number of nitrogens with one attached hydrogen (secondary N) is 1. The first kappa shape index (κ1) is 24.8. The number of fused-ring (bicyclic) bond motifs is 2. The van der Waals surface area contributed by atoms with Crippen LogP contribution in [0.3, 0.4) is 0 Å². The Morgan fingerprint density at radius 2 is 1.46 bits per heavy atom. The maximum absolute atomic E-state index is 13.3. The lowest BCUT2D eigenvalue weighted by molar-refractivity contribution is 0.377. The molecule has 0 aliphatic carbocycles. The monoisotopic (exact) mass is 535 g/mol. The number of anilines is 1. The van der Waals surface area contributed by atoms with Gasteiger partial charge in [-0.05, 0) is 47.2 Å². The van der Waals surface area contributed by atoms with E-state index < -0.39 is 18.6 Å². The van der Waals surface area contributed by atoms with Crippen molar-refractivity contribution in [3.8, 4) is 28.4 Å². The van der Waals surface area contributed by atoms with Crippen LogP contribution in [0.2, 0.25) is 0 Å². The van der Waals surface area contributed by atoms with E-state index in [4.69, 9.17) is 9.26 Å². The second kappa shape index (κ2) is 9.88. The van der Waals surface area contributed by atoms with Gasteiger partial charge in [0, 0.05) is 21.9 Å². The van der Waals surface area contributed by atoms with Crippen molar-refractivity contribution in [1.82, 2.24) is 0 Å². The Kier molecular flexibility index (Phi) is 6.62. The second-order valence-electron chi connectivity index (χ2n) is 8.15. The zero-order valence-electron chi connectivity index (χ0n) is 19.5. The number of hydrogen-bond donors (Lipinski definition) is 4. The summed E-state index contributed by atoms with van der Waals surface area (Å²) in [6, 6.07) is 25.0. The highest BCUT2D eigenvalue weighted by molar-refractivity contribution is 7.92. The van der Waals surface area contributed by atoms with Crippen LogP contribution in [0.4, 0.5) is 5.69 Å². The molecule has 0 aliphatic heterocycles. The van der Waals surface area contributed by atoms with Crippen LogP contribution in [-0.4, -0.2) is 30.4 Å². The molecular formula is C27H22NO7PS. The SMILES string of the molecule is COc1ccc(S(=O)(=O)Nc2cc(-c3c(O)ccc4ccccc34)c(OP(O)O)c3ccccc23)cc1. The maximum Gasteiger partial charge on any atom is 0.391 e. The van der Waals surface area contributed by atoms with Gasteiger partial charge in [0.15, 0.2) is 0 Å². The van der Waals surface area contributed by atoms with Crippen LogP contribution in [0.5, 0.6) is 17.2 Å². The van der Waals surface area contributed by atoms with Crippen molar-refractivity contribution in [2.24, 2.45) is 0 Å². The van der Waals surface area contributed by atoms with Crippen LogP contribution in [0.1, 0.15) is 0 Å². The van der Waals surface area contributed by atoms with E-state index in [0.717, 1.165) is 5.39 Å². The molecule has 5 aromatic carbocycles. The summed E-state index contributed by atoms with van der Waals surface area (Å²) in [5.74, 6) is 0.540. The van der Waals surface area contributed by atoms with E-state index in [2.05, 4.69) is 4.72 Å². The van der Waals surface area contributed by atoms with Gasteiger partial charge < -0.3 is 24.2 Å². The average Bonchev–Trinajstić information content (AvgIpc) is 2.90. The number of ether oxygens (including phenoxy) is 1. The Morgan fingerprint density at radius 3 is 2.14 bits per heavy atom. The number of phenols is 1. The van der Waals surface area contributed by atoms with Crippen LogP contribution in [-0.2, 0) is 10.0 Å². The minimum atomic E-state index is -4.02. The van der Waals surface area contributed by atoms with E-state index in [1.165, 1.54) is 31.4 Å². The lowest BCUT2D eigenvalue weighted by atomic mass is 9.93. The summed E-state index contributed by atoms with van der Waals surface area (Å²) in [4.78, 5) is 19.6. The zero-order valence-corrected chi connectivity index (χ0v) is 21.2. The number of benzene rings is 5. The molecule has 5 rings (SSSR count). The summed E-state index contributed by atoms with van der Waals surface area (Å²) in [5.41, 5.74) is 0.873. The molecule has 0 radical (unpaired) electrons. The van der Waals surface area contributed by atoms with Gasteiger partial charge in [0.25, 0.3) is 10.0 Å². The van der Waals surface area contributed by atoms with Gasteiger partial charge >= 0.3 is 8.60 Å². The molecule has 4 N–H and O–H groups in total. The molecule has 0 unspecified atom stereocenters. The first-order valence-corrected chi connectivity index (χ1v) is 13.7. The van der Waals surface area contributed by atoms with Crippen molar-refractivity contribution in [2.45, 2.75) is 4.90 Å². The van der Waals surface area contributed by atoms with Gasteiger partial charge in [-0.15, -0.1) is 0 Å². The zero-order chi connectivity index (χ0) is 26.2. The van der Waals surface area contributed by atoms with E-state index in [1.54, 1.807) is 42.5 Å². The fourth-order valence-electron chi connectivity index (χ4n) is 4.30. The van der Waals surface area contributed by atoms with Crippen LogP contribution < -0.4 is 14.0 Å². The van der Waals surface area contributed by atoms with Crippen LogP contribution in [0, 0.1) is 0 Å². The standard InChI is InChI=1S/C27H22NO7PS/c1-34-18-11-13-19(14-12-18)37(32,33)28-24-16-23(26-20-7-3-2-6-17(20)10-15-25(26)29)27(35-36(30)31)22-9-5-4-8-21(22)24/h2-16,28-31H,1H3. The van der Waals surface area contributed by atoms with Gasteiger partial charge in [-0.3, -0.25) is 4.72 Å². The van der Waals surface area contributed by atoms with Crippen molar-refractivity contribution in [2.75, 3.05) is 11.8 Å². The molecule has 0 aromatic heterocycles. The van der Waals surface area contributed by atoms with Gasteiger partial charge in [-0.2, -0.15) is 0 Å². The van der Waals surface area contributed by atoms with Gasteiger partial charge in [-0.25, -0.2) is 8.42 Å². The normalized spacial score (nSPS) is 11.7. The molecular weight excluding hydrogens is 513 g/mol. The first-order valence-electron chi connectivity index (χ1n) is 11.1. The topological polar surface area (TPSA) is 125 Å². The van der Waals surface area contributed by atoms with E-state index >= 15 is 0 Å². The molecule has 37 heavy (non-hydrogen) atoms. The second-order valence-corrected chi connectivity index (χ2v) is 10.5. The third kappa shape index (κ3) is 4.77. The fraction of sp³-hybridized carbons (Fsp3) is 0.0370. The highest BCUT2D eigenvalue weighted by Gasteiger charge is 2.24. The van der Waals surface area contributed by atoms with Crippen molar-refractivity contribution in [1.29, 1.82) is 0 Å².